The van der Waals surface area contributed by atoms with Gasteiger partial charge < -0.3 is 19.6 Å². The summed E-state index contributed by atoms with van der Waals surface area (Å²) in [4.78, 5) is 34.5. The number of carbonyl (C=O) groups excluding carboxylic acids is 2. The van der Waals surface area contributed by atoms with E-state index >= 15 is 0 Å². The Kier molecular flexibility index (Phi) is 7.92. The van der Waals surface area contributed by atoms with Crippen molar-refractivity contribution in [3.63, 3.8) is 0 Å². The molecule has 192 valence electrons. The molecule has 3 aromatic rings. The van der Waals surface area contributed by atoms with Gasteiger partial charge >= 0.3 is 0 Å². The molecule has 2 heterocycles. The van der Waals surface area contributed by atoms with Crippen molar-refractivity contribution in [3.8, 4) is 5.75 Å². The number of anilines is 1. The van der Waals surface area contributed by atoms with Gasteiger partial charge in [-0.05, 0) is 69.2 Å². The number of aromatic nitrogens is 1. The van der Waals surface area contributed by atoms with E-state index in [4.69, 9.17) is 4.74 Å². The van der Waals surface area contributed by atoms with Gasteiger partial charge in [-0.1, -0.05) is 30.3 Å². The Morgan fingerprint density at radius 3 is 2.41 bits per heavy atom. The van der Waals surface area contributed by atoms with Crippen LogP contribution in [0.5, 0.6) is 5.75 Å². The summed E-state index contributed by atoms with van der Waals surface area (Å²) < 4.78 is 5.78. The lowest BCUT2D eigenvalue weighted by atomic mass is 9.95. The van der Waals surface area contributed by atoms with Crippen molar-refractivity contribution >= 4 is 23.1 Å². The molecule has 1 unspecified atom stereocenters. The Morgan fingerprint density at radius 1 is 1.05 bits per heavy atom. The predicted molar refractivity (Wildman–Crippen MR) is 144 cm³/mol. The molecule has 2 aromatic carbocycles. The molecule has 7 heteroatoms. The van der Waals surface area contributed by atoms with Crippen molar-refractivity contribution in [2.45, 2.75) is 46.4 Å². The number of pyridine rings is 1. The van der Waals surface area contributed by atoms with Crippen LogP contribution in [0, 0.1) is 0 Å². The van der Waals surface area contributed by atoms with Crippen LogP contribution in [0.1, 0.15) is 50.4 Å². The monoisotopic (exact) mass is 499 g/mol. The van der Waals surface area contributed by atoms with Crippen LogP contribution in [0.2, 0.25) is 0 Å². The summed E-state index contributed by atoms with van der Waals surface area (Å²) in [5.41, 5.74) is 3.07. The Labute approximate surface area is 218 Å². The molecule has 1 aliphatic rings. The second kappa shape index (κ2) is 11.3. The summed E-state index contributed by atoms with van der Waals surface area (Å²) in [6, 6.07) is 17.7. The molecule has 1 N–H and O–H groups in total. The molecule has 1 fully saturated rings. The molecular formula is C30H33N3O4. The number of carbonyl (C=O) groups is 2. The number of aliphatic hydroxyl groups is 1. The standard InChI is InChI=1S/C30H33N3O4/c1-5-32(6-2)24-14-12-22(13-15-24)27-26(28(34)23-10-7-11-25(17-23)37-20(3)4)29(35)30(36)33(27)19-21-9-8-16-31-18-21/h7-18,20,27,34H,5-6,19H2,1-4H3/b28-26-. The van der Waals surface area contributed by atoms with E-state index in [1.807, 2.05) is 44.2 Å². The first-order valence-electron chi connectivity index (χ1n) is 12.6. The van der Waals surface area contributed by atoms with E-state index in [2.05, 4.69) is 23.7 Å². The second-order valence-electron chi connectivity index (χ2n) is 9.25. The molecule has 1 aromatic heterocycles. The third kappa shape index (κ3) is 5.50. The second-order valence-corrected chi connectivity index (χ2v) is 9.25. The van der Waals surface area contributed by atoms with Gasteiger partial charge in [0.15, 0.2) is 0 Å². The van der Waals surface area contributed by atoms with E-state index in [0.29, 0.717) is 11.3 Å². The molecule has 37 heavy (non-hydrogen) atoms. The summed E-state index contributed by atoms with van der Waals surface area (Å²) in [5.74, 6) is -1.02. The van der Waals surface area contributed by atoms with Crippen LogP contribution in [-0.4, -0.2) is 45.9 Å². The summed E-state index contributed by atoms with van der Waals surface area (Å²) in [6.45, 7) is 9.94. The molecule has 0 spiro atoms. The Bertz CT molecular complexity index is 1280. The molecule has 1 amide bonds. The third-order valence-electron chi connectivity index (χ3n) is 6.43. The van der Waals surface area contributed by atoms with Crippen LogP contribution >= 0.6 is 0 Å². The van der Waals surface area contributed by atoms with E-state index in [0.717, 1.165) is 29.9 Å². The Hall–Kier alpha value is -4.13. The molecule has 0 radical (unpaired) electrons. The molecule has 0 bridgehead atoms. The van der Waals surface area contributed by atoms with Crippen LogP contribution < -0.4 is 9.64 Å². The summed E-state index contributed by atoms with van der Waals surface area (Å²) in [6.07, 6.45) is 3.28. The number of rotatable bonds is 9. The van der Waals surface area contributed by atoms with Crippen molar-refractivity contribution in [2.24, 2.45) is 0 Å². The molecule has 0 saturated carbocycles. The fraction of sp³-hybridized carbons (Fsp3) is 0.300. The van der Waals surface area contributed by atoms with E-state index in [-0.39, 0.29) is 24.0 Å². The van der Waals surface area contributed by atoms with Crippen molar-refractivity contribution < 1.29 is 19.4 Å². The topological polar surface area (TPSA) is 83.0 Å². The lowest BCUT2D eigenvalue weighted by Gasteiger charge is -2.26. The number of ether oxygens (including phenoxy) is 1. The van der Waals surface area contributed by atoms with Gasteiger partial charge in [0.05, 0.1) is 17.7 Å². The van der Waals surface area contributed by atoms with E-state index in [9.17, 15) is 14.7 Å². The third-order valence-corrected chi connectivity index (χ3v) is 6.43. The average molecular weight is 500 g/mol. The van der Waals surface area contributed by atoms with Crippen LogP contribution in [0.3, 0.4) is 0 Å². The van der Waals surface area contributed by atoms with Crippen molar-refractivity contribution in [3.05, 3.63) is 95.3 Å². The fourth-order valence-corrected chi connectivity index (χ4v) is 4.68. The summed E-state index contributed by atoms with van der Waals surface area (Å²) in [7, 11) is 0. The highest BCUT2D eigenvalue weighted by molar-refractivity contribution is 6.46. The Balaban J connectivity index is 1.82. The van der Waals surface area contributed by atoms with Crippen molar-refractivity contribution in [1.29, 1.82) is 0 Å². The predicted octanol–water partition coefficient (Wildman–Crippen LogP) is 5.34. The highest BCUT2D eigenvalue weighted by Gasteiger charge is 2.46. The van der Waals surface area contributed by atoms with Crippen molar-refractivity contribution in [2.75, 3.05) is 18.0 Å². The largest absolute Gasteiger partial charge is 0.507 e. The number of likely N-dealkylation sites (tertiary alicyclic amines) is 1. The number of hydrogen-bond donors (Lipinski definition) is 1. The minimum atomic E-state index is -0.749. The first-order chi connectivity index (χ1) is 17.8. The maximum absolute atomic E-state index is 13.4. The van der Waals surface area contributed by atoms with E-state index < -0.39 is 17.7 Å². The minimum Gasteiger partial charge on any atom is -0.507 e. The quantitative estimate of drug-likeness (QED) is 0.243. The average Bonchev–Trinajstić information content (AvgIpc) is 3.14. The number of nitrogens with zero attached hydrogens (tertiary/aromatic N) is 3. The molecule has 1 aliphatic heterocycles. The molecule has 0 aliphatic carbocycles. The van der Waals surface area contributed by atoms with Crippen LogP contribution in [0.4, 0.5) is 5.69 Å². The van der Waals surface area contributed by atoms with E-state index in [1.165, 1.54) is 4.90 Å². The summed E-state index contributed by atoms with van der Waals surface area (Å²) >= 11 is 0. The first-order valence-corrected chi connectivity index (χ1v) is 12.6. The summed E-state index contributed by atoms with van der Waals surface area (Å²) in [5, 5.41) is 11.4. The van der Waals surface area contributed by atoms with Gasteiger partial charge in [0.1, 0.15) is 11.5 Å². The van der Waals surface area contributed by atoms with Crippen LogP contribution in [0.25, 0.3) is 5.76 Å². The van der Waals surface area contributed by atoms with E-state index in [1.54, 1.807) is 42.7 Å². The highest BCUT2D eigenvalue weighted by Crippen LogP contribution is 2.41. The van der Waals surface area contributed by atoms with Gasteiger partial charge in [0.2, 0.25) is 0 Å². The molecule has 4 rings (SSSR count). The number of hydrogen-bond acceptors (Lipinski definition) is 6. The molecule has 7 nitrogen and oxygen atoms in total. The lowest BCUT2D eigenvalue weighted by Crippen LogP contribution is -2.29. The van der Waals surface area contributed by atoms with Gasteiger partial charge in [-0.2, -0.15) is 0 Å². The van der Waals surface area contributed by atoms with Gasteiger partial charge in [-0.15, -0.1) is 0 Å². The van der Waals surface area contributed by atoms with Gasteiger partial charge in [0.25, 0.3) is 11.7 Å². The lowest BCUT2D eigenvalue weighted by molar-refractivity contribution is -0.140. The number of Topliss-reactive ketones (excluding diaryl/α,β-unsaturated/α-hetero) is 1. The smallest absolute Gasteiger partial charge is 0.295 e. The molecule has 1 saturated heterocycles. The van der Waals surface area contributed by atoms with Gasteiger partial charge in [0, 0.05) is 43.3 Å². The zero-order valence-corrected chi connectivity index (χ0v) is 21.7. The SMILES string of the molecule is CCN(CC)c1ccc(C2/C(=C(/O)c3cccc(OC(C)C)c3)C(=O)C(=O)N2Cc2cccnc2)cc1. The van der Waals surface area contributed by atoms with Crippen LogP contribution in [0.15, 0.2) is 78.6 Å². The molecular weight excluding hydrogens is 466 g/mol. The zero-order valence-electron chi connectivity index (χ0n) is 21.7. The first kappa shape index (κ1) is 25.9. The number of amides is 1. The minimum absolute atomic E-state index is 0.0493. The number of benzene rings is 2. The van der Waals surface area contributed by atoms with Gasteiger partial charge in [-0.3, -0.25) is 14.6 Å². The van der Waals surface area contributed by atoms with Crippen molar-refractivity contribution in [1.82, 2.24) is 9.88 Å². The molecule has 1 atom stereocenters. The van der Waals surface area contributed by atoms with Crippen LogP contribution in [-0.2, 0) is 16.1 Å². The maximum atomic E-state index is 13.4. The maximum Gasteiger partial charge on any atom is 0.295 e. The number of aliphatic hydroxyl groups excluding tert-OH is 1. The normalized spacial score (nSPS) is 16.9. The zero-order chi connectivity index (χ0) is 26.5. The Morgan fingerprint density at radius 2 is 1.78 bits per heavy atom. The highest BCUT2D eigenvalue weighted by atomic mass is 16.5. The fourth-order valence-electron chi connectivity index (χ4n) is 4.68. The number of ketones is 1. The van der Waals surface area contributed by atoms with Gasteiger partial charge in [-0.25, -0.2) is 0 Å².